The predicted molar refractivity (Wildman–Crippen MR) is 56.0 cm³/mol. The summed E-state index contributed by atoms with van der Waals surface area (Å²) in [7, 11) is 0. The highest BCUT2D eigenvalue weighted by Crippen LogP contribution is 2.33. The van der Waals surface area contributed by atoms with E-state index in [1.54, 1.807) is 0 Å². The van der Waals surface area contributed by atoms with Crippen molar-refractivity contribution in [3.8, 4) is 0 Å². The van der Waals surface area contributed by atoms with Crippen molar-refractivity contribution in [1.29, 1.82) is 0 Å². The SMILES string of the molecule is NCC(n1ccc2c(F)cccc21)C(F)(F)F. The fourth-order valence-electron chi connectivity index (χ4n) is 1.83. The van der Waals surface area contributed by atoms with E-state index in [2.05, 4.69) is 0 Å². The molecule has 1 unspecified atom stereocenters. The maximum Gasteiger partial charge on any atom is 0.410 e. The summed E-state index contributed by atoms with van der Waals surface area (Å²) >= 11 is 0. The first kappa shape index (κ1) is 11.9. The Morgan fingerprint density at radius 3 is 2.53 bits per heavy atom. The zero-order valence-corrected chi connectivity index (χ0v) is 8.71. The highest BCUT2D eigenvalue weighted by Gasteiger charge is 2.40. The van der Waals surface area contributed by atoms with Gasteiger partial charge in [0.2, 0.25) is 0 Å². The minimum atomic E-state index is -4.45. The average Bonchev–Trinajstić information content (AvgIpc) is 2.63. The van der Waals surface area contributed by atoms with Gasteiger partial charge in [-0.15, -0.1) is 0 Å². The second kappa shape index (κ2) is 4.03. The van der Waals surface area contributed by atoms with Gasteiger partial charge in [-0.3, -0.25) is 0 Å². The lowest BCUT2D eigenvalue weighted by molar-refractivity contribution is -0.164. The molecule has 2 nitrogen and oxygen atoms in total. The van der Waals surface area contributed by atoms with Crippen LogP contribution in [0.1, 0.15) is 6.04 Å². The molecule has 0 aliphatic heterocycles. The Bertz CT molecular complexity index is 530. The number of hydrogen-bond donors (Lipinski definition) is 1. The van der Waals surface area contributed by atoms with E-state index in [0.29, 0.717) is 0 Å². The van der Waals surface area contributed by atoms with Crippen molar-refractivity contribution in [3.05, 3.63) is 36.3 Å². The largest absolute Gasteiger partial charge is 0.410 e. The molecule has 2 N–H and O–H groups in total. The molecule has 1 heterocycles. The first-order valence-corrected chi connectivity index (χ1v) is 4.97. The van der Waals surface area contributed by atoms with Gasteiger partial charge in [0, 0.05) is 18.1 Å². The van der Waals surface area contributed by atoms with Gasteiger partial charge in [0.1, 0.15) is 11.9 Å². The number of aromatic nitrogens is 1. The topological polar surface area (TPSA) is 30.9 Å². The Hall–Kier alpha value is -1.56. The highest BCUT2D eigenvalue weighted by molar-refractivity contribution is 5.80. The molecule has 0 spiro atoms. The molecule has 0 amide bonds. The Kier molecular flexibility index (Phi) is 2.82. The van der Waals surface area contributed by atoms with Gasteiger partial charge < -0.3 is 10.3 Å². The van der Waals surface area contributed by atoms with Crippen molar-refractivity contribution in [1.82, 2.24) is 4.57 Å². The Morgan fingerprint density at radius 1 is 1.24 bits per heavy atom. The van der Waals surface area contributed by atoms with Crippen LogP contribution in [0.15, 0.2) is 30.5 Å². The number of halogens is 4. The molecule has 0 saturated heterocycles. The van der Waals surface area contributed by atoms with Crippen molar-refractivity contribution in [2.45, 2.75) is 12.2 Å². The number of fused-ring (bicyclic) bond motifs is 1. The van der Waals surface area contributed by atoms with Crippen molar-refractivity contribution >= 4 is 10.9 Å². The fraction of sp³-hybridized carbons (Fsp3) is 0.273. The number of alkyl halides is 3. The molecule has 0 fully saturated rings. The normalized spacial score (nSPS) is 14.2. The maximum absolute atomic E-state index is 13.3. The van der Waals surface area contributed by atoms with E-state index >= 15 is 0 Å². The number of benzene rings is 1. The van der Waals surface area contributed by atoms with Crippen molar-refractivity contribution in [3.63, 3.8) is 0 Å². The van der Waals surface area contributed by atoms with Crippen molar-refractivity contribution in [2.75, 3.05) is 6.54 Å². The molecule has 0 saturated carbocycles. The molecule has 1 aromatic heterocycles. The van der Waals surface area contributed by atoms with E-state index in [-0.39, 0.29) is 10.9 Å². The van der Waals surface area contributed by atoms with E-state index in [0.717, 1.165) is 4.57 Å². The molecular weight excluding hydrogens is 236 g/mol. The molecular formula is C11H10F4N2. The van der Waals surface area contributed by atoms with E-state index in [4.69, 9.17) is 5.73 Å². The minimum absolute atomic E-state index is 0.162. The molecule has 0 aliphatic rings. The molecule has 2 aromatic rings. The first-order valence-electron chi connectivity index (χ1n) is 4.97. The van der Waals surface area contributed by atoms with Gasteiger partial charge >= 0.3 is 6.18 Å². The Labute approximate surface area is 94.6 Å². The minimum Gasteiger partial charge on any atom is -0.334 e. The summed E-state index contributed by atoms with van der Waals surface area (Å²) in [4.78, 5) is 0. The van der Waals surface area contributed by atoms with E-state index in [1.165, 1.54) is 30.5 Å². The smallest absolute Gasteiger partial charge is 0.334 e. The summed E-state index contributed by atoms with van der Waals surface area (Å²) in [6.45, 7) is -0.580. The molecule has 1 aromatic carbocycles. The molecule has 2 rings (SSSR count). The van der Waals surface area contributed by atoms with Crippen LogP contribution in [0.5, 0.6) is 0 Å². The summed E-state index contributed by atoms with van der Waals surface area (Å²) in [5.41, 5.74) is 5.34. The maximum atomic E-state index is 13.3. The molecule has 0 aliphatic carbocycles. The zero-order valence-electron chi connectivity index (χ0n) is 8.71. The average molecular weight is 246 g/mol. The van der Waals surface area contributed by atoms with E-state index in [1.807, 2.05) is 0 Å². The monoisotopic (exact) mass is 246 g/mol. The van der Waals surface area contributed by atoms with Crippen LogP contribution in [0.2, 0.25) is 0 Å². The molecule has 0 bridgehead atoms. The predicted octanol–water partition coefficient (Wildman–Crippen LogP) is 2.84. The number of hydrogen-bond acceptors (Lipinski definition) is 1. The summed E-state index contributed by atoms with van der Waals surface area (Å²) in [5, 5.41) is 0.162. The third-order valence-electron chi connectivity index (χ3n) is 2.65. The van der Waals surface area contributed by atoms with E-state index in [9.17, 15) is 17.6 Å². The lowest BCUT2D eigenvalue weighted by Crippen LogP contribution is -2.32. The Morgan fingerprint density at radius 2 is 1.94 bits per heavy atom. The van der Waals surface area contributed by atoms with Crippen LogP contribution in [0.4, 0.5) is 17.6 Å². The zero-order chi connectivity index (χ0) is 12.6. The van der Waals surface area contributed by atoms with Gasteiger partial charge in [0.15, 0.2) is 0 Å². The first-order chi connectivity index (χ1) is 7.95. The van der Waals surface area contributed by atoms with Crippen molar-refractivity contribution < 1.29 is 17.6 Å². The van der Waals surface area contributed by atoms with E-state index < -0.39 is 24.6 Å². The third kappa shape index (κ3) is 2.00. The number of rotatable bonds is 2. The van der Waals surface area contributed by atoms with Crippen LogP contribution in [0, 0.1) is 5.82 Å². The molecule has 0 radical (unpaired) electrons. The number of nitrogens with two attached hydrogens (primary N) is 1. The lowest BCUT2D eigenvalue weighted by atomic mass is 10.2. The molecule has 1 atom stereocenters. The van der Waals surface area contributed by atoms with Gasteiger partial charge in [0.25, 0.3) is 0 Å². The summed E-state index contributed by atoms with van der Waals surface area (Å²) in [6.07, 6.45) is -3.24. The molecule has 92 valence electrons. The second-order valence-corrected chi connectivity index (χ2v) is 3.69. The van der Waals surface area contributed by atoms with Gasteiger partial charge in [-0.1, -0.05) is 6.07 Å². The molecule has 17 heavy (non-hydrogen) atoms. The van der Waals surface area contributed by atoms with Crippen LogP contribution in [0.3, 0.4) is 0 Å². The van der Waals surface area contributed by atoms with Gasteiger partial charge in [0.05, 0.1) is 5.52 Å². The summed E-state index contributed by atoms with van der Waals surface area (Å²) in [6, 6.07) is 3.50. The third-order valence-corrected chi connectivity index (χ3v) is 2.65. The van der Waals surface area contributed by atoms with Crippen molar-refractivity contribution in [2.24, 2.45) is 5.73 Å². The lowest BCUT2D eigenvalue weighted by Gasteiger charge is -2.21. The summed E-state index contributed by atoms with van der Waals surface area (Å²) < 4.78 is 52.4. The second-order valence-electron chi connectivity index (χ2n) is 3.69. The van der Waals surface area contributed by atoms with Gasteiger partial charge in [-0.25, -0.2) is 4.39 Å². The highest BCUT2D eigenvalue weighted by atomic mass is 19.4. The van der Waals surface area contributed by atoms with Crippen LogP contribution >= 0.6 is 0 Å². The number of nitrogens with zero attached hydrogens (tertiary/aromatic N) is 1. The van der Waals surface area contributed by atoms with Crippen LogP contribution in [-0.2, 0) is 0 Å². The molecule has 6 heteroatoms. The quantitative estimate of drug-likeness (QED) is 0.811. The fourth-order valence-corrected chi connectivity index (χ4v) is 1.83. The van der Waals surface area contributed by atoms with Crippen LogP contribution in [0.25, 0.3) is 10.9 Å². The van der Waals surface area contributed by atoms with Crippen LogP contribution in [-0.4, -0.2) is 17.3 Å². The van der Waals surface area contributed by atoms with Crippen LogP contribution < -0.4 is 5.73 Å². The van der Waals surface area contributed by atoms with Gasteiger partial charge in [-0.05, 0) is 18.2 Å². The Balaban J connectivity index is 2.59. The standard InChI is InChI=1S/C11H10F4N2/c12-8-2-1-3-9-7(8)4-5-17(9)10(6-16)11(13,14)15/h1-5,10H,6,16H2. The van der Waals surface area contributed by atoms with Gasteiger partial charge in [-0.2, -0.15) is 13.2 Å². The summed E-state index contributed by atoms with van der Waals surface area (Å²) in [5.74, 6) is -0.542.